The Morgan fingerprint density at radius 1 is 1.10 bits per heavy atom. The van der Waals surface area contributed by atoms with Gasteiger partial charge in [0, 0.05) is 5.69 Å². The number of benzene rings is 2. The number of allylic oxidation sites excluding steroid dienone is 3. The maximum Gasteiger partial charge on any atom is 0.349 e. The molecule has 1 N–H and O–H groups in total. The first-order valence-corrected chi connectivity index (χ1v) is 9.04. The molecule has 1 aliphatic heterocycles. The number of hydrogen-bond acceptors (Lipinski definition) is 2. The van der Waals surface area contributed by atoms with E-state index in [4.69, 9.17) is 0 Å². The topological polar surface area (TPSA) is 74.1 Å². The van der Waals surface area contributed by atoms with Crippen molar-refractivity contribution >= 4 is 29.3 Å². The summed E-state index contributed by atoms with van der Waals surface area (Å²) in [5, 5.41) is 2.70. The van der Waals surface area contributed by atoms with E-state index >= 15 is 0 Å². The van der Waals surface area contributed by atoms with Crippen LogP contribution in [0, 0.1) is 11.7 Å². The molecule has 1 unspecified atom stereocenters. The predicted octanol–water partition coefficient (Wildman–Crippen LogP) is 4.58. The minimum absolute atomic E-state index is 0.126. The number of nitrogens with one attached hydrogen (secondary N) is 1. The third-order valence-corrected chi connectivity index (χ3v) is 4.51. The first-order chi connectivity index (χ1) is 14.1. The summed E-state index contributed by atoms with van der Waals surface area (Å²) in [6.07, 6.45) is 7.15. The minimum atomic E-state index is -0.590. The second-order valence-corrected chi connectivity index (χ2v) is 6.52. The molecule has 0 fully saturated rings. The van der Waals surface area contributed by atoms with Gasteiger partial charge >= 0.3 is 12.1 Å². The van der Waals surface area contributed by atoms with E-state index < -0.39 is 18.0 Å². The smallest absolute Gasteiger partial charge is 0.306 e. The number of aliphatic imine (C=N–C) groups is 2. The SMILES string of the molecule is O=C(/N=C1/C2C=CC=CC2=NC(=O)N1Cc1ccc(F)cc1)Nc1ccccc1. The molecule has 0 radical (unpaired) electrons. The molecule has 2 aliphatic rings. The van der Waals surface area contributed by atoms with Crippen molar-refractivity contribution in [1.82, 2.24) is 4.90 Å². The molecule has 6 nitrogen and oxygen atoms in total. The molecule has 2 aromatic carbocycles. The lowest BCUT2D eigenvalue weighted by molar-refractivity contribution is 0.226. The average molecular weight is 388 g/mol. The highest BCUT2D eigenvalue weighted by molar-refractivity contribution is 6.24. The first kappa shape index (κ1) is 18.5. The number of hydrogen-bond donors (Lipinski definition) is 1. The fourth-order valence-corrected chi connectivity index (χ4v) is 3.12. The number of carbonyl (C=O) groups excluding carboxylic acids is 2. The highest BCUT2D eigenvalue weighted by Gasteiger charge is 2.34. The number of fused-ring (bicyclic) bond motifs is 1. The Balaban J connectivity index is 1.67. The van der Waals surface area contributed by atoms with Gasteiger partial charge in [0.05, 0.1) is 18.2 Å². The summed E-state index contributed by atoms with van der Waals surface area (Å²) in [4.78, 5) is 34.9. The van der Waals surface area contributed by atoms with Crippen LogP contribution in [-0.2, 0) is 6.54 Å². The molecule has 0 aromatic heterocycles. The fourth-order valence-electron chi connectivity index (χ4n) is 3.12. The maximum absolute atomic E-state index is 13.2. The zero-order chi connectivity index (χ0) is 20.2. The Morgan fingerprint density at radius 2 is 1.86 bits per heavy atom. The van der Waals surface area contributed by atoms with Crippen molar-refractivity contribution in [3.8, 4) is 0 Å². The quantitative estimate of drug-likeness (QED) is 0.836. The lowest BCUT2D eigenvalue weighted by Gasteiger charge is -2.31. The van der Waals surface area contributed by atoms with Gasteiger partial charge in [-0.15, -0.1) is 0 Å². The molecule has 144 valence electrons. The number of nitrogens with zero attached hydrogens (tertiary/aromatic N) is 3. The van der Waals surface area contributed by atoms with E-state index in [9.17, 15) is 14.0 Å². The Labute approximate surface area is 166 Å². The standard InChI is InChI=1S/C22H17FN4O2/c23-16-12-10-15(11-13-16)14-27-20(18-8-4-5-9-19(18)25-22(27)29)26-21(28)24-17-6-2-1-3-7-17/h1-13,18H,14H2,(H,24,28)/b26-20-. The summed E-state index contributed by atoms with van der Waals surface area (Å²) in [7, 11) is 0. The predicted molar refractivity (Wildman–Crippen MR) is 109 cm³/mol. The van der Waals surface area contributed by atoms with Crippen LogP contribution >= 0.6 is 0 Å². The Morgan fingerprint density at radius 3 is 2.62 bits per heavy atom. The van der Waals surface area contributed by atoms with Gasteiger partial charge in [-0.25, -0.2) is 14.0 Å². The normalized spacial score (nSPS) is 19.1. The summed E-state index contributed by atoms with van der Waals surface area (Å²) < 4.78 is 13.2. The summed E-state index contributed by atoms with van der Waals surface area (Å²) in [6.45, 7) is 0.126. The van der Waals surface area contributed by atoms with Gasteiger partial charge in [-0.2, -0.15) is 9.98 Å². The van der Waals surface area contributed by atoms with Gasteiger partial charge in [0.2, 0.25) is 0 Å². The maximum atomic E-state index is 13.2. The Hall–Kier alpha value is -3.87. The van der Waals surface area contributed by atoms with E-state index in [1.54, 1.807) is 48.6 Å². The average Bonchev–Trinajstić information content (AvgIpc) is 2.72. The van der Waals surface area contributed by atoms with Gasteiger partial charge in [-0.1, -0.05) is 48.6 Å². The number of carbonyl (C=O) groups is 2. The van der Waals surface area contributed by atoms with Crippen LogP contribution in [-0.4, -0.2) is 28.5 Å². The van der Waals surface area contributed by atoms with E-state index in [1.165, 1.54) is 17.0 Å². The molecule has 0 saturated carbocycles. The van der Waals surface area contributed by atoms with Gasteiger partial charge in [0.15, 0.2) is 0 Å². The van der Waals surface area contributed by atoms with E-state index in [0.29, 0.717) is 17.0 Å². The number of amidine groups is 1. The minimum Gasteiger partial charge on any atom is -0.306 e. The van der Waals surface area contributed by atoms with Crippen LogP contribution < -0.4 is 5.32 Å². The van der Waals surface area contributed by atoms with Crippen LogP contribution in [0.5, 0.6) is 0 Å². The van der Waals surface area contributed by atoms with E-state index in [2.05, 4.69) is 15.3 Å². The number of urea groups is 2. The van der Waals surface area contributed by atoms with Crippen molar-refractivity contribution in [2.45, 2.75) is 6.54 Å². The van der Waals surface area contributed by atoms with Crippen LogP contribution in [0.3, 0.4) is 0 Å². The van der Waals surface area contributed by atoms with Crippen LogP contribution in [0.1, 0.15) is 5.56 Å². The summed E-state index contributed by atoms with van der Waals surface area (Å²) in [5.41, 5.74) is 1.83. The van der Waals surface area contributed by atoms with Crippen molar-refractivity contribution < 1.29 is 14.0 Å². The molecule has 1 aliphatic carbocycles. The largest absolute Gasteiger partial charge is 0.349 e. The van der Waals surface area contributed by atoms with Crippen molar-refractivity contribution in [1.29, 1.82) is 0 Å². The van der Waals surface area contributed by atoms with E-state index in [0.717, 1.165) is 0 Å². The number of halogens is 1. The summed E-state index contributed by atoms with van der Waals surface area (Å²) >= 11 is 0. The summed E-state index contributed by atoms with van der Waals surface area (Å²) in [5.74, 6) is -0.506. The molecule has 1 atom stereocenters. The lowest BCUT2D eigenvalue weighted by atomic mass is 9.94. The third-order valence-electron chi connectivity index (χ3n) is 4.51. The summed E-state index contributed by atoms with van der Waals surface area (Å²) in [6, 6.07) is 13.6. The molecule has 4 amide bonds. The Kier molecular flexibility index (Phi) is 5.11. The molecule has 29 heavy (non-hydrogen) atoms. The monoisotopic (exact) mass is 388 g/mol. The van der Waals surface area contributed by atoms with E-state index in [1.807, 2.05) is 18.2 Å². The number of para-hydroxylation sites is 1. The number of rotatable bonds is 3. The van der Waals surface area contributed by atoms with Crippen molar-refractivity contribution in [3.63, 3.8) is 0 Å². The highest BCUT2D eigenvalue weighted by Crippen LogP contribution is 2.23. The van der Waals surface area contributed by atoms with Crippen LogP contribution in [0.2, 0.25) is 0 Å². The van der Waals surface area contributed by atoms with Gasteiger partial charge < -0.3 is 5.32 Å². The fraction of sp³-hybridized carbons (Fsp3) is 0.0909. The van der Waals surface area contributed by atoms with Gasteiger partial charge in [-0.05, 0) is 35.9 Å². The van der Waals surface area contributed by atoms with E-state index in [-0.39, 0.29) is 18.2 Å². The zero-order valence-corrected chi connectivity index (χ0v) is 15.3. The van der Waals surface area contributed by atoms with Crippen molar-refractivity contribution in [2.24, 2.45) is 15.9 Å². The lowest BCUT2D eigenvalue weighted by Crippen LogP contribution is -2.46. The van der Waals surface area contributed by atoms with Crippen molar-refractivity contribution in [2.75, 3.05) is 5.32 Å². The Bertz CT molecular complexity index is 1060. The van der Waals surface area contributed by atoms with Gasteiger partial charge in [0.1, 0.15) is 11.7 Å². The number of amides is 4. The second kappa shape index (κ2) is 8.02. The zero-order valence-electron chi connectivity index (χ0n) is 15.3. The van der Waals surface area contributed by atoms with Crippen LogP contribution in [0.15, 0.2) is 88.9 Å². The highest BCUT2D eigenvalue weighted by atomic mass is 19.1. The molecule has 1 heterocycles. The number of anilines is 1. The molecule has 4 rings (SSSR count). The molecular weight excluding hydrogens is 371 g/mol. The molecular formula is C22H17FN4O2. The van der Waals surface area contributed by atoms with Gasteiger partial charge in [-0.3, -0.25) is 4.90 Å². The molecule has 0 bridgehead atoms. The van der Waals surface area contributed by atoms with Crippen molar-refractivity contribution in [3.05, 3.63) is 90.3 Å². The first-order valence-electron chi connectivity index (χ1n) is 9.04. The molecule has 0 spiro atoms. The molecule has 2 aromatic rings. The molecule has 0 saturated heterocycles. The third kappa shape index (κ3) is 4.19. The second-order valence-electron chi connectivity index (χ2n) is 6.52. The molecule has 7 heteroatoms. The van der Waals surface area contributed by atoms with Gasteiger partial charge in [0.25, 0.3) is 0 Å². The van der Waals surface area contributed by atoms with Crippen LogP contribution in [0.4, 0.5) is 19.7 Å². The van der Waals surface area contributed by atoms with Crippen LogP contribution in [0.25, 0.3) is 0 Å².